The predicted octanol–water partition coefficient (Wildman–Crippen LogP) is 4.45. The number of methoxy groups -OCH3 is 1. The van der Waals surface area contributed by atoms with Crippen LogP contribution >= 0.6 is 0 Å². The topological polar surface area (TPSA) is 102 Å². The summed E-state index contributed by atoms with van der Waals surface area (Å²) in [5, 5.41) is 2.79. The van der Waals surface area contributed by atoms with Gasteiger partial charge in [-0.25, -0.2) is 13.2 Å². The third kappa shape index (κ3) is 4.81. The molecule has 0 spiro atoms. The van der Waals surface area contributed by atoms with E-state index >= 15 is 0 Å². The molecule has 0 atom stereocenters. The van der Waals surface area contributed by atoms with Gasteiger partial charge in [-0.1, -0.05) is 29.8 Å². The number of rotatable bonds is 6. The molecule has 1 amide bonds. The van der Waals surface area contributed by atoms with Crippen LogP contribution in [0.3, 0.4) is 0 Å². The van der Waals surface area contributed by atoms with Crippen molar-refractivity contribution >= 4 is 33.3 Å². The van der Waals surface area contributed by atoms with Gasteiger partial charge in [0, 0.05) is 11.3 Å². The maximum Gasteiger partial charge on any atom is 0.338 e. The normalized spacial score (nSPS) is 11.0. The highest BCUT2D eigenvalue weighted by atomic mass is 32.2. The third-order valence-electron chi connectivity index (χ3n) is 5.14. The molecule has 0 aliphatic heterocycles. The fourth-order valence-corrected chi connectivity index (χ4v) is 4.33. The van der Waals surface area contributed by atoms with Crippen molar-refractivity contribution in [2.24, 2.45) is 0 Å². The summed E-state index contributed by atoms with van der Waals surface area (Å²) in [7, 11) is -2.52. The van der Waals surface area contributed by atoms with Crippen molar-refractivity contribution in [2.75, 3.05) is 17.1 Å². The SMILES string of the molecule is COC(=O)c1cccc(NC(=O)c2cccc(NS(=O)(=O)c3ccc(C)cc3)c2C)c1C. The molecule has 3 rings (SSSR count). The zero-order valence-electron chi connectivity index (χ0n) is 18.2. The number of carbonyl (C=O) groups excluding carboxylic acids is 2. The number of anilines is 2. The fraction of sp³-hybridized carbons (Fsp3) is 0.167. The Morgan fingerprint density at radius 3 is 1.97 bits per heavy atom. The minimum absolute atomic E-state index is 0.132. The average molecular weight is 453 g/mol. The van der Waals surface area contributed by atoms with E-state index in [1.54, 1.807) is 62.4 Å². The molecule has 2 N–H and O–H groups in total. The molecule has 32 heavy (non-hydrogen) atoms. The Hall–Kier alpha value is -3.65. The molecule has 3 aromatic rings. The van der Waals surface area contributed by atoms with E-state index in [1.165, 1.54) is 19.2 Å². The van der Waals surface area contributed by atoms with Gasteiger partial charge in [-0.15, -0.1) is 0 Å². The standard InChI is InChI=1S/C24H24N2O5S/c1-15-11-13-18(14-12-15)32(29,30)26-22-10-5-7-19(16(22)2)23(27)25-21-9-6-8-20(17(21)3)24(28)31-4/h5-14,26H,1-4H3,(H,25,27). The first kappa shape index (κ1) is 23.0. The Kier molecular flexibility index (Phi) is 6.64. The summed E-state index contributed by atoms with van der Waals surface area (Å²) in [4.78, 5) is 25.0. The molecule has 0 radical (unpaired) electrons. The number of hydrogen-bond donors (Lipinski definition) is 2. The smallest absolute Gasteiger partial charge is 0.338 e. The summed E-state index contributed by atoms with van der Waals surface area (Å²) in [6.07, 6.45) is 0. The highest BCUT2D eigenvalue weighted by molar-refractivity contribution is 7.92. The van der Waals surface area contributed by atoms with Crippen LogP contribution < -0.4 is 10.0 Å². The van der Waals surface area contributed by atoms with Gasteiger partial charge in [0.2, 0.25) is 0 Å². The van der Waals surface area contributed by atoms with Crippen molar-refractivity contribution < 1.29 is 22.7 Å². The molecule has 0 aliphatic carbocycles. The van der Waals surface area contributed by atoms with E-state index in [2.05, 4.69) is 10.0 Å². The third-order valence-corrected chi connectivity index (χ3v) is 6.52. The lowest BCUT2D eigenvalue weighted by molar-refractivity contribution is 0.0599. The zero-order chi connectivity index (χ0) is 23.5. The van der Waals surface area contributed by atoms with E-state index in [4.69, 9.17) is 4.74 Å². The number of nitrogens with one attached hydrogen (secondary N) is 2. The van der Waals surface area contributed by atoms with Gasteiger partial charge in [0.05, 0.1) is 23.3 Å². The second-order valence-electron chi connectivity index (χ2n) is 7.32. The molecular weight excluding hydrogens is 428 g/mol. The first-order chi connectivity index (χ1) is 15.1. The van der Waals surface area contributed by atoms with Crippen LogP contribution in [0.25, 0.3) is 0 Å². The molecule has 0 bridgehead atoms. The van der Waals surface area contributed by atoms with Crippen molar-refractivity contribution in [3.63, 3.8) is 0 Å². The van der Waals surface area contributed by atoms with Crippen LogP contribution in [0.4, 0.5) is 11.4 Å². The lowest BCUT2D eigenvalue weighted by atomic mass is 10.0. The van der Waals surface area contributed by atoms with E-state index in [9.17, 15) is 18.0 Å². The molecule has 0 unspecified atom stereocenters. The highest BCUT2D eigenvalue weighted by Gasteiger charge is 2.19. The molecule has 0 saturated carbocycles. The Morgan fingerprint density at radius 1 is 0.781 bits per heavy atom. The van der Waals surface area contributed by atoms with Gasteiger partial charge in [-0.2, -0.15) is 0 Å². The van der Waals surface area contributed by atoms with Gasteiger partial charge < -0.3 is 10.1 Å². The van der Waals surface area contributed by atoms with Gasteiger partial charge in [0.1, 0.15) is 0 Å². The molecule has 0 aromatic heterocycles. The van der Waals surface area contributed by atoms with Crippen molar-refractivity contribution in [1.29, 1.82) is 0 Å². The van der Waals surface area contributed by atoms with Crippen molar-refractivity contribution in [1.82, 2.24) is 0 Å². The van der Waals surface area contributed by atoms with E-state index < -0.39 is 21.9 Å². The second kappa shape index (κ2) is 9.23. The summed E-state index contributed by atoms with van der Waals surface area (Å²) >= 11 is 0. The highest BCUT2D eigenvalue weighted by Crippen LogP contribution is 2.25. The van der Waals surface area contributed by atoms with Gasteiger partial charge in [0.25, 0.3) is 15.9 Å². The van der Waals surface area contributed by atoms with Crippen LogP contribution in [0.15, 0.2) is 65.6 Å². The van der Waals surface area contributed by atoms with Gasteiger partial charge >= 0.3 is 5.97 Å². The quantitative estimate of drug-likeness (QED) is 0.538. The summed E-state index contributed by atoms with van der Waals surface area (Å²) in [5.41, 5.74) is 3.41. The molecule has 0 saturated heterocycles. The van der Waals surface area contributed by atoms with Crippen molar-refractivity contribution in [2.45, 2.75) is 25.7 Å². The Bertz CT molecular complexity index is 1280. The summed E-state index contributed by atoms with van der Waals surface area (Å²) in [6.45, 7) is 5.25. The Labute approximate surface area is 187 Å². The van der Waals surface area contributed by atoms with Crippen LogP contribution in [0.5, 0.6) is 0 Å². The van der Waals surface area contributed by atoms with Crippen molar-refractivity contribution in [3.8, 4) is 0 Å². The molecule has 166 valence electrons. The van der Waals surface area contributed by atoms with Gasteiger partial charge in [-0.05, 0) is 68.3 Å². The number of aryl methyl sites for hydroxylation is 1. The lowest BCUT2D eigenvalue weighted by Gasteiger charge is -2.15. The van der Waals surface area contributed by atoms with E-state index in [0.29, 0.717) is 33.6 Å². The van der Waals surface area contributed by atoms with Crippen LogP contribution in [-0.4, -0.2) is 27.4 Å². The number of hydrogen-bond acceptors (Lipinski definition) is 5. The lowest BCUT2D eigenvalue weighted by Crippen LogP contribution is -2.18. The maximum atomic E-state index is 13.0. The van der Waals surface area contributed by atoms with E-state index in [1.807, 2.05) is 6.92 Å². The first-order valence-corrected chi connectivity index (χ1v) is 11.3. The number of esters is 1. The second-order valence-corrected chi connectivity index (χ2v) is 9.00. The number of amides is 1. The van der Waals surface area contributed by atoms with Crippen LogP contribution in [0, 0.1) is 20.8 Å². The molecule has 0 fully saturated rings. The predicted molar refractivity (Wildman–Crippen MR) is 124 cm³/mol. The largest absolute Gasteiger partial charge is 0.465 e. The Morgan fingerprint density at radius 2 is 1.34 bits per heavy atom. The number of ether oxygens (including phenoxy) is 1. The average Bonchev–Trinajstić information content (AvgIpc) is 2.76. The van der Waals surface area contributed by atoms with Gasteiger partial charge in [-0.3, -0.25) is 9.52 Å². The zero-order valence-corrected chi connectivity index (χ0v) is 19.0. The van der Waals surface area contributed by atoms with E-state index in [0.717, 1.165) is 5.56 Å². The molecule has 0 aliphatic rings. The fourth-order valence-electron chi connectivity index (χ4n) is 3.21. The monoisotopic (exact) mass is 452 g/mol. The van der Waals surface area contributed by atoms with Crippen LogP contribution in [-0.2, 0) is 14.8 Å². The number of sulfonamides is 1. The molecule has 7 nitrogen and oxygen atoms in total. The Balaban J connectivity index is 1.88. The molecule has 8 heteroatoms. The maximum absolute atomic E-state index is 13.0. The van der Waals surface area contributed by atoms with E-state index in [-0.39, 0.29) is 4.90 Å². The van der Waals surface area contributed by atoms with Crippen molar-refractivity contribution in [3.05, 3.63) is 88.5 Å². The van der Waals surface area contributed by atoms with Crippen LogP contribution in [0.1, 0.15) is 37.4 Å². The van der Waals surface area contributed by atoms with Gasteiger partial charge in [0.15, 0.2) is 0 Å². The first-order valence-electron chi connectivity index (χ1n) is 9.82. The van der Waals surface area contributed by atoms with Crippen LogP contribution in [0.2, 0.25) is 0 Å². The minimum atomic E-state index is -3.81. The summed E-state index contributed by atoms with van der Waals surface area (Å²) in [6, 6.07) is 16.2. The summed E-state index contributed by atoms with van der Waals surface area (Å²) < 4.78 is 32.8. The minimum Gasteiger partial charge on any atom is -0.465 e. The summed E-state index contributed by atoms with van der Waals surface area (Å²) in [5.74, 6) is -0.925. The molecular formula is C24H24N2O5S. The number of benzene rings is 3. The molecule has 0 heterocycles. The number of carbonyl (C=O) groups is 2. The molecule has 3 aromatic carbocycles.